The van der Waals surface area contributed by atoms with Crippen molar-refractivity contribution in [1.82, 2.24) is 14.5 Å². The van der Waals surface area contributed by atoms with Gasteiger partial charge in [0.25, 0.3) is 0 Å². The van der Waals surface area contributed by atoms with Crippen LogP contribution in [0.3, 0.4) is 0 Å². The molecule has 1 atom stereocenters. The molecule has 1 unspecified atom stereocenters. The first-order valence-corrected chi connectivity index (χ1v) is 9.63. The Balaban J connectivity index is 1.53. The molecule has 1 aliphatic rings. The van der Waals surface area contributed by atoms with Gasteiger partial charge >= 0.3 is 0 Å². The predicted molar refractivity (Wildman–Crippen MR) is 105 cm³/mol. The van der Waals surface area contributed by atoms with Gasteiger partial charge in [0.1, 0.15) is 5.82 Å². The van der Waals surface area contributed by atoms with E-state index in [0.29, 0.717) is 18.5 Å². The van der Waals surface area contributed by atoms with Crippen LogP contribution in [-0.2, 0) is 6.42 Å². The molecule has 0 bridgehead atoms. The van der Waals surface area contributed by atoms with Gasteiger partial charge in [0.2, 0.25) is 0 Å². The van der Waals surface area contributed by atoms with E-state index in [1.165, 1.54) is 11.1 Å². The molecule has 1 saturated heterocycles. The SMILES string of the molecule is CC(c1ccccc1)N1CCC(n2c(CCO)nc3ccccc32)CC1. The number of nitrogens with zero attached hydrogens (tertiary/aromatic N) is 3. The van der Waals surface area contributed by atoms with E-state index in [2.05, 4.69) is 64.9 Å². The molecule has 26 heavy (non-hydrogen) atoms. The molecule has 136 valence electrons. The number of aromatic nitrogens is 2. The molecule has 0 spiro atoms. The Morgan fingerprint density at radius 2 is 1.73 bits per heavy atom. The van der Waals surface area contributed by atoms with Crippen LogP contribution in [-0.4, -0.2) is 39.3 Å². The lowest BCUT2D eigenvalue weighted by molar-refractivity contribution is 0.143. The number of aliphatic hydroxyl groups is 1. The molecule has 1 aromatic heterocycles. The first kappa shape index (κ1) is 17.3. The molecule has 0 saturated carbocycles. The summed E-state index contributed by atoms with van der Waals surface area (Å²) >= 11 is 0. The molecular weight excluding hydrogens is 322 g/mol. The number of hydrogen-bond donors (Lipinski definition) is 1. The average molecular weight is 349 g/mol. The summed E-state index contributed by atoms with van der Waals surface area (Å²) in [6.45, 7) is 4.63. The fourth-order valence-corrected chi connectivity index (χ4v) is 4.25. The molecule has 2 aromatic carbocycles. The van der Waals surface area contributed by atoms with Crippen LogP contribution in [0.25, 0.3) is 11.0 Å². The fraction of sp³-hybridized carbons (Fsp3) is 0.409. The van der Waals surface area contributed by atoms with E-state index < -0.39 is 0 Å². The number of aliphatic hydroxyl groups excluding tert-OH is 1. The van der Waals surface area contributed by atoms with Gasteiger partial charge in [-0.25, -0.2) is 4.98 Å². The second-order valence-electron chi connectivity index (χ2n) is 7.21. The summed E-state index contributed by atoms with van der Waals surface area (Å²) in [7, 11) is 0. The van der Waals surface area contributed by atoms with Crippen LogP contribution in [0, 0.1) is 0 Å². The lowest BCUT2D eigenvalue weighted by atomic mass is 9.99. The summed E-state index contributed by atoms with van der Waals surface area (Å²) in [5.41, 5.74) is 3.63. The van der Waals surface area contributed by atoms with Crippen molar-refractivity contribution in [2.45, 2.75) is 38.3 Å². The van der Waals surface area contributed by atoms with E-state index >= 15 is 0 Å². The summed E-state index contributed by atoms with van der Waals surface area (Å²) in [6.07, 6.45) is 2.86. The normalized spacial score (nSPS) is 17.6. The van der Waals surface area contributed by atoms with Gasteiger partial charge in [0.05, 0.1) is 17.6 Å². The maximum absolute atomic E-state index is 9.45. The number of imidazole rings is 1. The predicted octanol–water partition coefficient (Wildman–Crippen LogP) is 3.97. The smallest absolute Gasteiger partial charge is 0.112 e. The second-order valence-corrected chi connectivity index (χ2v) is 7.21. The minimum atomic E-state index is 0.146. The molecule has 3 aromatic rings. The minimum absolute atomic E-state index is 0.146. The van der Waals surface area contributed by atoms with Crippen LogP contribution in [0.15, 0.2) is 54.6 Å². The fourth-order valence-electron chi connectivity index (χ4n) is 4.25. The maximum Gasteiger partial charge on any atom is 0.112 e. The van der Waals surface area contributed by atoms with Crippen molar-refractivity contribution in [3.05, 3.63) is 66.0 Å². The van der Waals surface area contributed by atoms with Crippen molar-refractivity contribution in [2.24, 2.45) is 0 Å². The van der Waals surface area contributed by atoms with Gasteiger partial charge in [-0.15, -0.1) is 0 Å². The lowest BCUT2D eigenvalue weighted by Gasteiger charge is -2.37. The largest absolute Gasteiger partial charge is 0.396 e. The number of fused-ring (bicyclic) bond motifs is 1. The van der Waals surface area contributed by atoms with Crippen molar-refractivity contribution >= 4 is 11.0 Å². The number of rotatable bonds is 5. The zero-order chi connectivity index (χ0) is 17.9. The summed E-state index contributed by atoms with van der Waals surface area (Å²) in [6, 6.07) is 20.0. The van der Waals surface area contributed by atoms with Crippen molar-refractivity contribution in [2.75, 3.05) is 19.7 Å². The number of likely N-dealkylation sites (tertiary alicyclic amines) is 1. The molecule has 2 heterocycles. The van der Waals surface area contributed by atoms with Crippen LogP contribution in [0.4, 0.5) is 0 Å². The first-order chi connectivity index (χ1) is 12.8. The third-order valence-electron chi connectivity index (χ3n) is 5.70. The molecular formula is C22H27N3O. The highest BCUT2D eigenvalue weighted by atomic mass is 16.3. The minimum Gasteiger partial charge on any atom is -0.396 e. The van der Waals surface area contributed by atoms with Gasteiger partial charge in [-0.2, -0.15) is 0 Å². The van der Waals surface area contributed by atoms with E-state index in [0.717, 1.165) is 37.3 Å². The Labute approximate surface area is 155 Å². The number of para-hydroxylation sites is 2. The van der Waals surface area contributed by atoms with E-state index in [1.54, 1.807) is 0 Å². The average Bonchev–Trinajstić information content (AvgIpc) is 3.06. The molecule has 0 radical (unpaired) electrons. The molecule has 1 N–H and O–H groups in total. The third kappa shape index (κ3) is 3.27. The highest BCUT2D eigenvalue weighted by molar-refractivity contribution is 5.76. The topological polar surface area (TPSA) is 41.3 Å². The molecule has 1 fully saturated rings. The quantitative estimate of drug-likeness (QED) is 0.758. The van der Waals surface area contributed by atoms with E-state index in [-0.39, 0.29) is 6.61 Å². The zero-order valence-corrected chi connectivity index (χ0v) is 15.4. The monoisotopic (exact) mass is 349 g/mol. The second kappa shape index (κ2) is 7.60. The van der Waals surface area contributed by atoms with Gasteiger partial charge < -0.3 is 9.67 Å². The Kier molecular flexibility index (Phi) is 5.05. The number of hydrogen-bond acceptors (Lipinski definition) is 3. The van der Waals surface area contributed by atoms with Crippen molar-refractivity contribution in [1.29, 1.82) is 0 Å². The van der Waals surface area contributed by atoms with Gasteiger partial charge in [-0.1, -0.05) is 42.5 Å². The Morgan fingerprint density at radius 1 is 1.04 bits per heavy atom. The zero-order valence-electron chi connectivity index (χ0n) is 15.4. The first-order valence-electron chi connectivity index (χ1n) is 9.63. The molecule has 1 aliphatic heterocycles. The summed E-state index contributed by atoms with van der Waals surface area (Å²) in [5, 5.41) is 9.45. The lowest BCUT2D eigenvalue weighted by Crippen LogP contribution is -2.36. The van der Waals surface area contributed by atoms with Gasteiger partial charge in [-0.05, 0) is 37.5 Å². The van der Waals surface area contributed by atoms with Crippen LogP contribution in [0.5, 0.6) is 0 Å². The van der Waals surface area contributed by atoms with E-state index in [1.807, 2.05) is 6.07 Å². The van der Waals surface area contributed by atoms with Crippen LogP contribution >= 0.6 is 0 Å². The van der Waals surface area contributed by atoms with Crippen LogP contribution in [0.1, 0.15) is 43.2 Å². The van der Waals surface area contributed by atoms with Crippen molar-refractivity contribution < 1.29 is 5.11 Å². The van der Waals surface area contributed by atoms with Gasteiger partial charge in [0, 0.05) is 31.6 Å². The molecule has 4 heteroatoms. The molecule has 4 rings (SSSR count). The van der Waals surface area contributed by atoms with Crippen molar-refractivity contribution in [3.8, 4) is 0 Å². The third-order valence-corrected chi connectivity index (χ3v) is 5.70. The summed E-state index contributed by atoms with van der Waals surface area (Å²) < 4.78 is 2.38. The Bertz CT molecular complexity index is 850. The standard InChI is InChI=1S/C22H27N3O/c1-17(18-7-3-2-4-8-18)24-14-11-19(12-15-24)25-21-10-6-5-9-20(21)23-22(25)13-16-26/h2-10,17,19,26H,11-16H2,1H3. The number of piperidine rings is 1. The van der Waals surface area contributed by atoms with Crippen LogP contribution < -0.4 is 0 Å². The highest BCUT2D eigenvalue weighted by Crippen LogP contribution is 2.32. The van der Waals surface area contributed by atoms with Gasteiger partial charge in [0.15, 0.2) is 0 Å². The van der Waals surface area contributed by atoms with Crippen LogP contribution in [0.2, 0.25) is 0 Å². The maximum atomic E-state index is 9.45. The van der Waals surface area contributed by atoms with Gasteiger partial charge in [-0.3, -0.25) is 4.90 Å². The number of benzene rings is 2. The molecule has 4 nitrogen and oxygen atoms in total. The Morgan fingerprint density at radius 3 is 2.46 bits per heavy atom. The van der Waals surface area contributed by atoms with E-state index in [4.69, 9.17) is 4.98 Å². The van der Waals surface area contributed by atoms with E-state index in [9.17, 15) is 5.11 Å². The Hall–Kier alpha value is -2.17. The highest BCUT2D eigenvalue weighted by Gasteiger charge is 2.26. The van der Waals surface area contributed by atoms with Crippen molar-refractivity contribution in [3.63, 3.8) is 0 Å². The molecule has 0 amide bonds. The molecule has 0 aliphatic carbocycles. The summed E-state index contributed by atoms with van der Waals surface area (Å²) in [5.74, 6) is 1.02. The summed E-state index contributed by atoms with van der Waals surface area (Å²) in [4.78, 5) is 7.35.